The van der Waals surface area contributed by atoms with Crippen LogP contribution >= 0.6 is 0 Å². The van der Waals surface area contributed by atoms with E-state index in [1.54, 1.807) is 6.20 Å². The summed E-state index contributed by atoms with van der Waals surface area (Å²) in [7, 11) is 1.90. The minimum absolute atomic E-state index is 0.00743. The largest absolute Gasteiger partial charge is 0.475 e. The molecule has 0 bridgehead atoms. The molecule has 0 radical (unpaired) electrons. The maximum atomic E-state index is 8.59. The first-order chi connectivity index (χ1) is 6.77. The summed E-state index contributed by atoms with van der Waals surface area (Å²) in [6, 6.07) is 4.08. The molecule has 1 unspecified atom stereocenters. The van der Waals surface area contributed by atoms with Crippen LogP contribution in [0.5, 0.6) is 5.88 Å². The summed E-state index contributed by atoms with van der Waals surface area (Å²) in [6.45, 7) is 2.35. The van der Waals surface area contributed by atoms with Crippen LogP contribution in [0.1, 0.15) is 18.5 Å². The van der Waals surface area contributed by atoms with Crippen molar-refractivity contribution >= 4 is 0 Å². The maximum absolute atomic E-state index is 8.59. The predicted molar refractivity (Wildman–Crippen MR) is 54.3 cm³/mol. The Morgan fingerprint density at radius 1 is 1.64 bits per heavy atom. The van der Waals surface area contributed by atoms with E-state index in [0.717, 1.165) is 5.56 Å². The van der Waals surface area contributed by atoms with Crippen LogP contribution < -0.4 is 10.1 Å². The van der Waals surface area contributed by atoms with Crippen molar-refractivity contribution in [3.63, 3.8) is 0 Å². The number of ether oxygens (including phenoxy) is 1. The third-order valence-corrected chi connectivity index (χ3v) is 2.03. The van der Waals surface area contributed by atoms with Gasteiger partial charge in [-0.1, -0.05) is 0 Å². The fourth-order valence-corrected chi connectivity index (χ4v) is 1.09. The molecule has 0 aliphatic heterocycles. The Bertz CT molecular complexity index is 279. The van der Waals surface area contributed by atoms with Gasteiger partial charge in [-0.2, -0.15) is 0 Å². The SMILES string of the molecule is CNC(C)c1ccnc(OCCO)c1. The molecule has 0 saturated carbocycles. The number of aliphatic hydroxyl groups is 1. The Morgan fingerprint density at radius 2 is 2.43 bits per heavy atom. The summed E-state index contributed by atoms with van der Waals surface area (Å²) < 4.78 is 5.20. The number of nitrogens with one attached hydrogen (secondary N) is 1. The Labute approximate surface area is 83.9 Å². The Kier molecular flexibility index (Phi) is 4.35. The van der Waals surface area contributed by atoms with Crippen molar-refractivity contribution in [2.24, 2.45) is 0 Å². The lowest BCUT2D eigenvalue weighted by atomic mass is 10.1. The molecule has 0 amide bonds. The van der Waals surface area contributed by atoms with Crippen LogP contribution in [-0.2, 0) is 0 Å². The zero-order chi connectivity index (χ0) is 10.4. The Hall–Kier alpha value is -1.13. The molecule has 78 valence electrons. The summed E-state index contributed by atoms with van der Waals surface area (Å²) in [5.74, 6) is 0.554. The lowest BCUT2D eigenvalue weighted by Crippen LogP contribution is -2.12. The first-order valence-corrected chi connectivity index (χ1v) is 4.64. The smallest absolute Gasteiger partial charge is 0.213 e. The zero-order valence-corrected chi connectivity index (χ0v) is 8.53. The molecule has 4 heteroatoms. The minimum atomic E-state index is 0.00743. The fraction of sp³-hybridized carbons (Fsp3) is 0.500. The molecule has 1 aromatic heterocycles. The van der Waals surface area contributed by atoms with E-state index in [4.69, 9.17) is 9.84 Å². The molecule has 1 heterocycles. The van der Waals surface area contributed by atoms with Gasteiger partial charge in [0, 0.05) is 18.3 Å². The second kappa shape index (κ2) is 5.57. The summed E-state index contributed by atoms with van der Waals surface area (Å²) >= 11 is 0. The number of rotatable bonds is 5. The molecule has 14 heavy (non-hydrogen) atoms. The Balaban J connectivity index is 2.68. The van der Waals surface area contributed by atoms with Gasteiger partial charge >= 0.3 is 0 Å². The number of hydrogen-bond acceptors (Lipinski definition) is 4. The molecule has 1 aromatic rings. The van der Waals surface area contributed by atoms with E-state index in [1.807, 2.05) is 19.2 Å². The lowest BCUT2D eigenvalue weighted by molar-refractivity contribution is 0.196. The number of hydrogen-bond donors (Lipinski definition) is 2. The van der Waals surface area contributed by atoms with Crippen molar-refractivity contribution in [3.8, 4) is 5.88 Å². The number of aromatic nitrogens is 1. The van der Waals surface area contributed by atoms with Crippen molar-refractivity contribution < 1.29 is 9.84 Å². The topological polar surface area (TPSA) is 54.4 Å². The van der Waals surface area contributed by atoms with Crippen LogP contribution in [0.15, 0.2) is 18.3 Å². The molecule has 0 aliphatic carbocycles. The molecule has 1 rings (SSSR count). The average molecular weight is 196 g/mol. The minimum Gasteiger partial charge on any atom is -0.475 e. The van der Waals surface area contributed by atoms with Gasteiger partial charge in [0.05, 0.1) is 6.61 Å². The van der Waals surface area contributed by atoms with Crippen LogP contribution in [-0.4, -0.2) is 30.4 Å². The van der Waals surface area contributed by atoms with Crippen LogP contribution in [0.25, 0.3) is 0 Å². The van der Waals surface area contributed by atoms with E-state index in [0.29, 0.717) is 5.88 Å². The van der Waals surface area contributed by atoms with Crippen molar-refractivity contribution in [2.75, 3.05) is 20.3 Å². The van der Waals surface area contributed by atoms with Crippen molar-refractivity contribution in [3.05, 3.63) is 23.9 Å². The molecule has 4 nitrogen and oxygen atoms in total. The lowest BCUT2D eigenvalue weighted by Gasteiger charge is -2.11. The van der Waals surface area contributed by atoms with E-state index in [9.17, 15) is 0 Å². The number of aliphatic hydroxyl groups excluding tert-OH is 1. The normalized spacial score (nSPS) is 12.5. The number of pyridine rings is 1. The summed E-state index contributed by atoms with van der Waals surface area (Å²) in [4.78, 5) is 4.03. The highest BCUT2D eigenvalue weighted by Crippen LogP contribution is 2.15. The van der Waals surface area contributed by atoms with Gasteiger partial charge in [0.2, 0.25) is 5.88 Å². The average Bonchev–Trinajstić information content (AvgIpc) is 2.25. The summed E-state index contributed by atoms with van der Waals surface area (Å²) in [5, 5.41) is 11.7. The van der Waals surface area contributed by atoms with Crippen molar-refractivity contribution in [1.29, 1.82) is 0 Å². The molecule has 2 N–H and O–H groups in total. The van der Waals surface area contributed by atoms with Gasteiger partial charge in [-0.15, -0.1) is 0 Å². The molecule has 0 aromatic carbocycles. The highest BCUT2D eigenvalue weighted by Gasteiger charge is 2.03. The van der Waals surface area contributed by atoms with Gasteiger partial charge in [0.15, 0.2) is 0 Å². The van der Waals surface area contributed by atoms with E-state index >= 15 is 0 Å². The first kappa shape index (κ1) is 10.9. The molecule has 1 atom stereocenters. The van der Waals surface area contributed by atoms with Gasteiger partial charge in [-0.25, -0.2) is 4.98 Å². The van der Waals surface area contributed by atoms with E-state index < -0.39 is 0 Å². The summed E-state index contributed by atoms with van der Waals surface area (Å²) in [6.07, 6.45) is 1.70. The molecule has 0 aliphatic rings. The molecular weight excluding hydrogens is 180 g/mol. The standard InChI is InChI=1S/C10H16N2O2/c1-8(11-2)9-3-4-12-10(7-9)14-6-5-13/h3-4,7-8,11,13H,5-6H2,1-2H3. The maximum Gasteiger partial charge on any atom is 0.213 e. The highest BCUT2D eigenvalue weighted by molar-refractivity contribution is 5.23. The van der Waals surface area contributed by atoms with Crippen LogP contribution in [0.3, 0.4) is 0 Å². The highest BCUT2D eigenvalue weighted by atomic mass is 16.5. The third-order valence-electron chi connectivity index (χ3n) is 2.03. The molecule has 0 spiro atoms. The Morgan fingerprint density at radius 3 is 3.07 bits per heavy atom. The predicted octanol–water partition coefficient (Wildman–Crippen LogP) is 0.733. The van der Waals surface area contributed by atoms with Gasteiger partial charge in [-0.3, -0.25) is 0 Å². The van der Waals surface area contributed by atoms with E-state index in [-0.39, 0.29) is 19.3 Å². The molecular formula is C10H16N2O2. The van der Waals surface area contributed by atoms with Gasteiger partial charge in [-0.05, 0) is 25.6 Å². The number of nitrogens with zero attached hydrogens (tertiary/aromatic N) is 1. The van der Waals surface area contributed by atoms with Crippen LogP contribution in [0, 0.1) is 0 Å². The fourth-order valence-electron chi connectivity index (χ4n) is 1.09. The second-order valence-corrected chi connectivity index (χ2v) is 3.01. The van der Waals surface area contributed by atoms with Gasteiger partial charge in [0.1, 0.15) is 6.61 Å². The van der Waals surface area contributed by atoms with E-state index in [2.05, 4.69) is 17.2 Å². The van der Waals surface area contributed by atoms with Crippen LogP contribution in [0.2, 0.25) is 0 Å². The quantitative estimate of drug-likeness (QED) is 0.729. The van der Waals surface area contributed by atoms with Crippen molar-refractivity contribution in [2.45, 2.75) is 13.0 Å². The second-order valence-electron chi connectivity index (χ2n) is 3.01. The third kappa shape index (κ3) is 2.97. The first-order valence-electron chi connectivity index (χ1n) is 4.64. The van der Waals surface area contributed by atoms with Crippen molar-refractivity contribution in [1.82, 2.24) is 10.3 Å². The van der Waals surface area contributed by atoms with E-state index in [1.165, 1.54) is 0 Å². The van der Waals surface area contributed by atoms with Crippen LogP contribution in [0.4, 0.5) is 0 Å². The molecule has 0 fully saturated rings. The molecule has 0 saturated heterocycles. The zero-order valence-electron chi connectivity index (χ0n) is 8.53. The monoisotopic (exact) mass is 196 g/mol. The summed E-state index contributed by atoms with van der Waals surface area (Å²) in [5.41, 5.74) is 1.12. The van der Waals surface area contributed by atoms with Gasteiger partial charge < -0.3 is 15.2 Å². The van der Waals surface area contributed by atoms with Gasteiger partial charge in [0.25, 0.3) is 0 Å².